The summed E-state index contributed by atoms with van der Waals surface area (Å²) in [5.41, 5.74) is -0.117. The minimum absolute atomic E-state index is 0.105. The van der Waals surface area contributed by atoms with Crippen molar-refractivity contribution in [3.8, 4) is 0 Å². The Morgan fingerprint density at radius 2 is 2.18 bits per heavy atom. The number of hydrogen-bond acceptors (Lipinski definition) is 3. The number of alkyl halides is 2. The molecule has 1 aliphatic carbocycles. The molecule has 0 unspecified atom stereocenters. The first-order valence-electron chi connectivity index (χ1n) is 7.74. The molecule has 2 heterocycles. The Labute approximate surface area is 128 Å². The molecule has 0 bridgehead atoms. The molecule has 0 aromatic carbocycles. The molecule has 1 saturated carbocycles. The minimum Gasteiger partial charge on any atom is -0.374 e. The third-order valence-corrected chi connectivity index (χ3v) is 4.57. The summed E-state index contributed by atoms with van der Waals surface area (Å²) in [5.74, 6) is -4.74. The van der Waals surface area contributed by atoms with E-state index in [0.29, 0.717) is 12.2 Å². The van der Waals surface area contributed by atoms with Gasteiger partial charge in [-0.2, -0.15) is 8.78 Å². The van der Waals surface area contributed by atoms with Gasteiger partial charge in [0.2, 0.25) is 0 Å². The average molecular weight is 310 g/mol. The molecular formula is C16H20F2N2O2. The first-order chi connectivity index (χ1) is 10.5. The van der Waals surface area contributed by atoms with E-state index in [0.717, 1.165) is 25.7 Å². The van der Waals surface area contributed by atoms with Gasteiger partial charge in [0, 0.05) is 12.7 Å². The Kier molecular flexibility index (Phi) is 4.12. The van der Waals surface area contributed by atoms with E-state index >= 15 is 0 Å². The summed E-state index contributed by atoms with van der Waals surface area (Å²) >= 11 is 0. The predicted octanol–water partition coefficient (Wildman–Crippen LogP) is 2.65. The van der Waals surface area contributed by atoms with Crippen molar-refractivity contribution >= 4 is 5.91 Å². The number of aromatic nitrogens is 1. The van der Waals surface area contributed by atoms with Crippen LogP contribution in [0.15, 0.2) is 18.3 Å². The fourth-order valence-electron chi connectivity index (χ4n) is 3.44. The molecule has 1 amide bonds. The number of ether oxygens (including phenoxy) is 1. The molecule has 3 rings (SSSR count). The molecule has 2 atom stereocenters. The van der Waals surface area contributed by atoms with Gasteiger partial charge in [-0.3, -0.25) is 9.78 Å². The zero-order valence-corrected chi connectivity index (χ0v) is 12.6. The van der Waals surface area contributed by atoms with Gasteiger partial charge in [-0.05, 0) is 31.4 Å². The molecule has 1 saturated heterocycles. The molecule has 120 valence electrons. The van der Waals surface area contributed by atoms with Gasteiger partial charge in [0.25, 0.3) is 5.91 Å². The molecule has 4 nitrogen and oxygen atoms in total. The van der Waals surface area contributed by atoms with Crippen LogP contribution in [0, 0.1) is 6.92 Å². The third-order valence-electron chi connectivity index (χ3n) is 4.57. The standard InChI is InChI=1S/C16H20F2N2O2/c1-11-5-4-8-19-14(11)16(17,18)15(21)20-9-10-22-13-7-3-2-6-12(13)20/h4-5,8,12-13H,2-3,6-7,9-10H2,1H3/t12-,13+/m0/s1. The van der Waals surface area contributed by atoms with Crippen molar-refractivity contribution in [1.82, 2.24) is 9.88 Å². The van der Waals surface area contributed by atoms with Gasteiger partial charge >= 0.3 is 5.92 Å². The predicted molar refractivity (Wildman–Crippen MR) is 76.6 cm³/mol. The zero-order chi connectivity index (χ0) is 15.7. The first-order valence-corrected chi connectivity index (χ1v) is 7.74. The zero-order valence-electron chi connectivity index (χ0n) is 12.6. The second-order valence-electron chi connectivity index (χ2n) is 6.00. The van der Waals surface area contributed by atoms with Gasteiger partial charge in [0.05, 0.1) is 18.8 Å². The number of nitrogens with zero attached hydrogens (tertiary/aromatic N) is 2. The van der Waals surface area contributed by atoms with Crippen LogP contribution in [-0.4, -0.2) is 41.1 Å². The second kappa shape index (κ2) is 5.91. The number of aryl methyl sites for hydroxylation is 1. The number of fused-ring (bicyclic) bond motifs is 1. The van der Waals surface area contributed by atoms with E-state index in [4.69, 9.17) is 4.74 Å². The summed E-state index contributed by atoms with van der Waals surface area (Å²) in [6, 6.07) is 2.90. The molecule has 22 heavy (non-hydrogen) atoms. The maximum absolute atomic E-state index is 14.7. The number of halogens is 2. The fraction of sp³-hybridized carbons (Fsp3) is 0.625. The lowest BCUT2D eigenvalue weighted by Gasteiger charge is -2.44. The van der Waals surface area contributed by atoms with E-state index in [1.54, 1.807) is 19.1 Å². The first kappa shape index (κ1) is 15.3. The molecule has 1 aromatic heterocycles. The molecule has 0 spiro atoms. The third kappa shape index (κ3) is 2.60. The number of morpholine rings is 1. The summed E-state index contributed by atoms with van der Waals surface area (Å²) in [6.07, 6.45) is 4.73. The average Bonchev–Trinajstić information content (AvgIpc) is 2.54. The molecule has 1 aliphatic heterocycles. The van der Waals surface area contributed by atoms with Crippen molar-refractivity contribution in [3.05, 3.63) is 29.6 Å². The highest BCUT2D eigenvalue weighted by Crippen LogP contribution is 2.35. The van der Waals surface area contributed by atoms with E-state index in [1.807, 2.05) is 0 Å². The Hall–Kier alpha value is -1.56. The maximum atomic E-state index is 14.7. The molecule has 6 heteroatoms. The van der Waals surface area contributed by atoms with Crippen LogP contribution in [0.5, 0.6) is 0 Å². The number of pyridine rings is 1. The minimum atomic E-state index is -3.59. The Morgan fingerprint density at radius 1 is 1.41 bits per heavy atom. The topological polar surface area (TPSA) is 42.4 Å². The van der Waals surface area contributed by atoms with Gasteiger partial charge in [-0.15, -0.1) is 0 Å². The summed E-state index contributed by atoms with van der Waals surface area (Å²) in [6.45, 7) is 2.10. The van der Waals surface area contributed by atoms with Crippen molar-refractivity contribution in [3.63, 3.8) is 0 Å². The van der Waals surface area contributed by atoms with E-state index in [1.165, 1.54) is 11.1 Å². The molecular weight excluding hydrogens is 290 g/mol. The monoisotopic (exact) mass is 310 g/mol. The summed E-state index contributed by atoms with van der Waals surface area (Å²) in [4.78, 5) is 17.6. The van der Waals surface area contributed by atoms with Crippen LogP contribution in [-0.2, 0) is 15.5 Å². The number of carbonyl (C=O) groups is 1. The Morgan fingerprint density at radius 3 is 2.95 bits per heavy atom. The quantitative estimate of drug-likeness (QED) is 0.843. The lowest BCUT2D eigenvalue weighted by atomic mass is 9.89. The fourth-order valence-corrected chi connectivity index (χ4v) is 3.44. The van der Waals surface area contributed by atoms with Crippen molar-refractivity contribution < 1.29 is 18.3 Å². The number of hydrogen-bond donors (Lipinski definition) is 0. The maximum Gasteiger partial charge on any atom is 0.366 e. The highest BCUT2D eigenvalue weighted by atomic mass is 19.3. The Bertz CT molecular complexity index is 563. The normalized spacial score (nSPS) is 25.7. The van der Waals surface area contributed by atoms with Gasteiger partial charge in [0.1, 0.15) is 5.69 Å². The summed E-state index contributed by atoms with van der Waals surface area (Å²) < 4.78 is 35.0. The smallest absolute Gasteiger partial charge is 0.366 e. The second-order valence-corrected chi connectivity index (χ2v) is 6.00. The SMILES string of the molecule is Cc1cccnc1C(F)(F)C(=O)N1CCO[C@@H]2CCCC[C@@H]21. The van der Waals surface area contributed by atoms with E-state index in [-0.39, 0.29) is 18.7 Å². The van der Waals surface area contributed by atoms with Crippen molar-refractivity contribution in [1.29, 1.82) is 0 Å². The van der Waals surface area contributed by atoms with Gasteiger partial charge < -0.3 is 9.64 Å². The van der Waals surface area contributed by atoms with Crippen LogP contribution in [0.1, 0.15) is 36.9 Å². The van der Waals surface area contributed by atoms with E-state index in [2.05, 4.69) is 4.98 Å². The summed E-state index contributed by atoms with van der Waals surface area (Å²) in [7, 11) is 0. The number of rotatable bonds is 2. The summed E-state index contributed by atoms with van der Waals surface area (Å²) in [5, 5.41) is 0. The van der Waals surface area contributed by atoms with Crippen molar-refractivity contribution in [2.45, 2.75) is 50.7 Å². The Balaban J connectivity index is 1.87. The highest BCUT2D eigenvalue weighted by molar-refractivity contribution is 5.85. The van der Waals surface area contributed by atoms with Crippen molar-refractivity contribution in [2.75, 3.05) is 13.2 Å². The lowest BCUT2D eigenvalue weighted by Crippen LogP contribution is -2.58. The molecule has 1 aromatic rings. The highest BCUT2D eigenvalue weighted by Gasteiger charge is 2.50. The van der Waals surface area contributed by atoms with Gasteiger partial charge in [-0.25, -0.2) is 0 Å². The van der Waals surface area contributed by atoms with Gasteiger partial charge in [-0.1, -0.05) is 18.9 Å². The largest absolute Gasteiger partial charge is 0.374 e. The molecule has 2 aliphatic rings. The van der Waals surface area contributed by atoms with Crippen molar-refractivity contribution in [2.24, 2.45) is 0 Å². The molecule has 0 N–H and O–H groups in total. The van der Waals surface area contributed by atoms with Crippen LogP contribution in [0.3, 0.4) is 0 Å². The molecule has 2 fully saturated rings. The molecule has 0 radical (unpaired) electrons. The number of amides is 1. The van der Waals surface area contributed by atoms with Crippen LogP contribution in [0.2, 0.25) is 0 Å². The van der Waals surface area contributed by atoms with Crippen LogP contribution < -0.4 is 0 Å². The van der Waals surface area contributed by atoms with E-state index < -0.39 is 17.5 Å². The van der Waals surface area contributed by atoms with Gasteiger partial charge in [0.15, 0.2) is 0 Å². The van der Waals surface area contributed by atoms with Crippen LogP contribution >= 0.6 is 0 Å². The van der Waals surface area contributed by atoms with Crippen LogP contribution in [0.25, 0.3) is 0 Å². The number of carbonyl (C=O) groups excluding carboxylic acids is 1. The van der Waals surface area contributed by atoms with Crippen LogP contribution in [0.4, 0.5) is 8.78 Å². The lowest BCUT2D eigenvalue weighted by molar-refractivity contribution is -0.176. The van der Waals surface area contributed by atoms with E-state index in [9.17, 15) is 13.6 Å².